The molecule has 0 aliphatic carbocycles. The van der Waals surface area contributed by atoms with Gasteiger partial charge >= 0.3 is 6.18 Å². The van der Waals surface area contributed by atoms with Gasteiger partial charge in [-0.15, -0.1) is 24.0 Å². The molecule has 1 aromatic carbocycles. The van der Waals surface area contributed by atoms with Gasteiger partial charge in [0.2, 0.25) is 0 Å². The van der Waals surface area contributed by atoms with Crippen LogP contribution in [0.2, 0.25) is 0 Å². The standard InChI is InChI=1S/C17H26F3N3O2S.HI/c1-5-21-15(23-12-16(2,3)26(4,24)25)22-11-10-13-6-8-14(9-7-13)17(18,19)20;/h6-9H,5,10-12H2,1-4H3,(H2,21,22,23);1H. The number of benzene rings is 1. The van der Waals surface area contributed by atoms with Crippen molar-refractivity contribution in [1.82, 2.24) is 10.6 Å². The summed E-state index contributed by atoms with van der Waals surface area (Å²) in [4.78, 5) is 4.30. The molecule has 0 amide bonds. The summed E-state index contributed by atoms with van der Waals surface area (Å²) in [5.74, 6) is 0.469. The molecule has 1 aromatic rings. The fourth-order valence-corrected chi connectivity index (χ4v) is 2.21. The fourth-order valence-electron chi connectivity index (χ4n) is 1.91. The van der Waals surface area contributed by atoms with E-state index in [0.29, 0.717) is 25.5 Å². The maximum absolute atomic E-state index is 12.5. The third-order valence-corrected chi connectivity index (χ3v) is 6.09. The second-order valence-corrected chi connectivity index (χ2v) is 9.25. The summed E-state index contributed by atoms with van der Waals surface area (Å²) >= 11 is 0. The Bertz CT molecular complexity index is 718. The molecule has 2 N–H and O–H groups in total. The van der Waals surface area contributed by atoms with E-state index in [4.69, 9.17) is 0 Å². The van der Waals surface area contributed by atoms with Crippen LogP contribution in [-0.2, 0) is 22.4 Å². The first-order valence-corrected chi connectivity index (χ1v) is 10.1. The first-order chi connectivity index (χ1) is 11.9. The summed E-state index contributed by atoms with van der Waals surface area (Å²) in [6.07, 6.45) is -2.65. The number of halogens is 4. The van der Waals surface area contributed by atoms with E-state index in [-0.39, 0.29) is 30.5 Å². The van der Waals surface area contributed by atoms with Gasteiger partial charge in [0.15, 0.2) is 15.8 Å². The molecule has 0 radical (unpaired) electrons. The van der Waals surface area contributed by atoms with Crippen LogP contribution in [0.25, 0.3) is 0 Å². The molecule has 10 heteroatoms. The van der Waals surface area contributed by atoms with Crippen molar-refractivity contribution in [1.29, 1.82) is 0 Å². The van der Waals surface area contributed by atoms with Crippen LogP contribution in [0.3, 0.4) is 0 Å². The predicted molar refractivity (Wildman–Crippen MR) is 113 cm³/mol. The quantitative estimate of drug-likeness (QED) is 0.329. The SMILES string of the molecule is CCNC(=NCC(C)(C)S(C)(=O)=O)NCCc1ccc(C(F)(F)F)cc1.I. The highest BCUT2D eigenvalue weighted by molar-refractivity contribution is 14.0. The minimum absolute atomic E-state index is 0. The maximum Gasteiger partial charge on any atom is 0.416 e. The lowest BCUT2D eigenvalue weighted by Gasteiger charge is -2.21. The molecular weight excluding hydrogens is 494 g/mol. The van der Waals surface area contributed by atoms with Gasteiger partial charge in [0.25, 0.3) is 0 Å². The van der Waals surface area contributed by atoms with Crippen molar-refractivity contribution in [3.05, 3.63) is 35.4 Å². The molecule has 156 valence electrons. The molecule has 27 heavy (non-hydrogen) atoms. The van der Waals surface area contributed by atoms with Crippen LogP contribution < -0.4 is 10.6 Å². The molecule has 0 aliphatic heterocycles. The van der Waals surface area contributed by atoms with E-state index in [9.17, 15) is 21.6 Å². The Morgan fingerprint density at radius 1 is 1.11 bits per heavy atom. The smallest absolute Gasteiger partial charge is 0.357 e. The van der Waals surface area contributed by atoms with E-state index in [1.54, 1.807) is 13.8 Å². The number of alkyl halides is 3. The fraction of sp³-hybridized carbons (Fsp3) is 0.588. The molecule has 0 spiro atoms. The zero-order valence-electron chi connectivity index (χ0n) is 15.9. The second-order valence-electron chi connectivity index (χ2n) is 6.60. The van der Waals surface area contributed by atoms with E-state index in [1.165, 1.54) is 18.4 Å². The van der Waals surface area contributed by atoms with Crippen molar-refractivity contribution in [3.8, 4) is 0 Å². The van der Waals surface area contributed by atoms with E-state index >= 15 is 0 Å². The third kappa shape index (κ3) is 8.67. The highest BCUT2D eigenvalue weighted by Gasteiger charge is 2.30. The van der Waals surface area contributed by atoms with Crippen LogP contribution in [0.5, 0.6) is 0 Å². The van der Waals surface area contributed by atoms with Crippen LogP contribution in [0.15, 0.2) is 29.3 Å². The molecule has 0 saturated carbocycles. The van der Waals surface area contributed by atoms with Crippen LogP contribution in [-0.4, -0.2) is 45.0 Å². The molecule has 0 aliphatic rings. The average molecular weight is 521 g/mol. The van der Waals surface area contributed by atoms with Crippen molar-refractivity contribution < 1.29 is 21.6 Å². The number of nitrogens with zero attached hydrogens (tertiary/aromatic N) is 1. The summed E-state index contributed by atoms with van der Waals surface area (Å²) in [7, 11) is -3.25. The molecule has 0 heterocycles. The first kappa shape index (κ1) is 26.0. The summed E-state index contributed by atoms with van der Waals surface area (Å²) in [6.45, 7) is 6.26. The predicted octanol–water partition coefficient (Wildman–Crippen LogP) is 3.24. The molecule has 0 atom stereocenters. The number of hydrogen-bond donors (Lipinski definition) is 2. The van der Waals surface area contributed by atoms with Gasteiger partial charge < -0.3 is 10.6 Å². The van der Waals surface area contributed by atoms with Gasteiger partial charge in [0.05, 0.1) is 16.9 Å². The summed E-state index contributed by atoms with van der Waals surface area (Å²) in [5, 5.41) is 6.08. The zero-order valence-corrected chi connectivity index (χ0v) is 19.0. The minimum Gasteiger partial charge on any atom is -0.357 e. The van der Waals surface area contributed by atoms with E-state index in [0.717, 1.165) is 17.7 Å². The highest BCUT2D eigenvalue weighted by atomic mass is 127. The Kier molecular flexibility index (Phi) is 10.1. The zero-order chi connectivity index (χ0) is 20.0. The van der Waals surface area contributed by atoms with Crippen molar-refractivity contribution in [2.45, 2.75) is 38.1 Å². The summed E-state index contributed by atoms with van der Waals surface area (Å²) < 4.78 is 60.1. The van der Waals surface area contributed by atoms with Crippen LogP contribution in [0.1, 0.15) is 31.9 Å². The average Bonchev–Trinajstić information content (AvgIpc) is 2.51. The van der Waals surface area contributed by atoms with Gasteiger partial charge in [0, 0.05) is 19.3 Å². The van der Waals surface area contributed by atoms with Crippen LogP contribution in [0, 0.1) is 0 Å². The van der Waals surface area contributed by atoms with Gasteiger partial charge in [-0.25, -0.2) is 8.42 Å². The van der Waals surface area contributed by atoms with Gasteiger partial charge in [-0.05, 0) is 44.9 Å². The summed E-state index contributed by atoms with van der Waals surface area (Å²) in [5.41, 5.74) is 0.0879. The lowest BCUT2D eigenvalue weighted by Crippen LogP contribution is -2.41. The van der Waals surface area contributed by atoms with E-state index in [1.807, 2.05) is 6.92 Å². The number of sulfone groups is 1. The van der Waals surface area contributed by atoms with Crippen molar-refractivity contribution >= 4 is 39.8 Å². The van der Waals surface area contributed by atoms with Gasteiger partial charge in [-0.1, -0.05) is 12.1 Å². The number of rotatable bonds is 7. The van der Waals surface area contributed by atoms with E-state index in [2.05, 4.69) is 15.6 Å². The van der Waals surface area contributed by atoms with E-state index < -0.39 is 26.3 Å². The summed E-state index contributed by atoms with van der Waals surface area (Å²) in [6, 6.07) is 5.01. The first-order valence-electron chi connectivity index (χ1n) is 8.25. The van der Waals surface area contributed by atoms with Crippen LogP contribution >= 0.6 is 24.0 Å². The molecule has 5 nitrogen and oxygen atoms in total. The molecule has 0 fully saturated rings. The number of hydrogen-bond acceptors (Lipinski definition) is 3. The monoisotopic (exact) mass is 521 g/mol. The lowest BCUT2D eigenvalue weighted by molar-refractivity contribution is -0.137. The highest BCUT2D eigenvalue weighted by Crippen LogP contribution is 2.29. The Balaban J connectivity index is 0.00000676. The topological polar surface area (TPSA) is 70.6 Å². The van der Waals surface area contributed by atoms with Crippen molar-refractivity contribution in [2.24, 2.45) is 4.99 Å². The number of guanidine groups is 1. The molecule has 0 unspecified atom stereocenters. The Labute approximate surface area is 176 Å². The Morgan fingerprint density at radius 2 is 1.67 bits per heavy atom. The number of aliphatic imine (C=N–C) groups is 1. The van der Waals surface area contributed by atoms with Gasteiger partial charge in [-0.2, -0.15) is 13.2 Å². The largest absolute Gasteiger partial charge is 0.416 e. The van der Waals surface area contributed by atoms with Crippen molar-refractivity contribution in [2.75, 3.05) is 25.9 Å². The minimum atomic E-state index is -4.34. The molecule has 1 rings (SSSR count). The number of nitrogens with one attached hydrogen (secondary N) is 2. The van der Waals surface area contributed by atoms with Crippen LogP contribution in [0.4, 0.5) is 13.2 Å². The Hall–Kier alpha value is -1.04. The van der Waals surface area contributed by atoms with Gasteiger partial charge in [0.1, 0.15) is 0 Å². The van der Waals surface area contributed by atoms with Gasteiger partial charge in [-0.3, -0.25) is 4.99 Å². The molecule has 0 bridgehead atoms. The molecule has 0 aromatic heterocycles. The lowest BCUT2D eigenvalue weighted by atomic mass is 10.1. The van der Waals surface area contributed by atoms with Crippen molar-refractivity contribution in [3.63, 3.8) is 0 Å². The molecular formula is C17H27F3IN3O2S. The second kappa shape index (κ2) is 10.5. The normalized spacial score (nSPS) is 13.1. The maximum atomic E-state index is 12.5. The Morgan fingerprint density at radius 3 is 2.11 bits per heavy atom. The third-order valence-electron chi connectivity index (χ3n) is 3.95. The molecule has 0 saturated heterocycles.